The van der Waals surface area contributed by atoms with Crippen molar-refractivity contribution in [1.29, 1.82) is 0 Å². The lowest BCUT2D eigenvalue weighted by atomic mass is 9.81. The molecule has 2 N–H and O–H groups in total. The Morgan fingerprint density at radius 3 is 2.33 bits per heavy atom. The molecule has 0 aromatic heterocycles. The van der Waals surface area contributed by atoms with Gasteiger partial charge in [0.2, 0.25) is 5.91 Å². The maximum Gasteiger partial charge on any atom is 0.223 e. The zero-order chi connectivity index (χ0) is 29.5. The lowest BCUT2D eigenvalue weighted by Gasteiger charge is -2.25. The minimum Gasteiger partial charge on any atom is -0.497 e. The molecule has 1 aromatic carbocycles. The summed E-state index contributed by atoms with van der Waals surface area (Å²) in [6.07, 6.45) is 5.78. The molecule has 1 aliphatic heterocycles. The normalized spacial score (nSPS) is 22.6. The number of hydrogen-bond acceptors (Lipinski definition) is 7. The number of epoxide rings is 1. The summed E-state index contributed by atoms with van der Waals surface area (Å²) >= 11 is 0. The van der Waals surface area contributed by atoms with Crippen LogP contribution in [0.5, 0.6) is 5.75 Å². The summed E-state index contributed by atoms with van der Waals surface area (Å²) < 4.78 is 10.7. The smallest absolute Gasteiger partial charge is 0.223 e. The number of ketones is 3. The standard InChI is InChI=1S/C32H47NO7/c1-6-31(3,38)19-25(34)15-21(2)30(37)33-27(17-23-11-13-26(39-5)14-12-23)28(35)18-24(16-22-9-7-8-10-22)29(36)32(4)20-40-32/h11-14,21-22,24,27,38H,6-10,15-20H2,1-5H3,(H,33,37). The maximum absolute atomic E-state index is 13.8. The van der Waals surface area contributed by atoms with Gasteiger partial charge in [-0.3, -0.25) is 19.2 Å². The number of hydrogen-bond donors (Lipinski definition) is 2. The van der Waals surface area contributed by atoms with Gasteiger partial charge in [0.25, 0.3) is 0 Å². The molecule has 0 spiro atoms. The summed E-state index contributed by atoms with van der Waals surface area (Å²) in [5.74, 6) is -0.827. The Balaban J connectivity index is 1.74. The van der Waals surface area contributed by atoms with Gasteiger partial charge in [-0.15, -0.1) is 0 Å². The van der Waals surface area contributed by atoms with Crippen molar-refractivity contribution in [2.45, 2.75) is 109 Å². The van der Waals surface area contributed by atoms with Crippen molar-refractivity contribution < 1.29 is 33.8 Å². The predicted molar refractivity (Wildman–Crippen MR) is 152 cm³/mol. The number of Topliss-reactive ketones (excluding diaryl/α,β-unsaturated/α-hetero) is 3. The van der Waals surface area contributed by atoms with Crippen LogP contribution in [0.3, 0.4) is 0 Å². The second-order valence-corrected chi connectivity index (χ2v) is 12.4. The molecule has 8 nitrogen and oxygen atoms in total. The van der Waals surface area contributed by atoms with Crippen molar-refractivity contribution in [3.63, 3.8) is 0 Å². The van der Waals surface area contributed by atoms with Crippen LogP contribution < -0.4 is 10.1 Å². The molecule has 3 rings (SSSR count). The highest BCUT2D eigenvalue weighted by Gasteiger charge is 2.50. The van der Waals surface area contributed by atoms with Gasteiger partial charge < -0.3 is 19.9 Å². The van der Waals surface area contributed by atoms with Crippen LogP contribution in [0.15, 0.2) is 24.3 Å². The average Bonchev–Trinajstić information content (AvgIpc) is 3.45. The molecule has 1 saturated heterocycles. The largest absolute Gasteiger partial charge is 0.497 e. The SMILES string of the molecule is CCC(C)(O)CC(=O)CC(C)C(=O)NC(Cc1ccc(OC)cc1)C(=O)CC(CC1CCCC1)C(=O)C1(C)CO1. The molecule has 5 atom stereocenters. The minimum absolute atomic E-state index is 0.0239. The maximum atomic E-state index is 13.8. The first-order valence-electron chi connectivity index (χ1n) is 14.7. The number of carbonyl (C=O) groups is 4. The van der Waals surface area contributed by atoms with E-state index in [1.165, 1.54) is 0 Å². The van der Waals surface area contributed by atoms with Crippen LogP contribution in [-0.4, -0.2) is 59.3 Å². The molecule has 2 fully saturated rings. The van der Waals surface area contributed by atoms with Crippen molar-refractivity contribution in [3.8, 4) is 5.75 Å². The Morgan fingerprint density at radius 1 is 1.15 bits per heavy atom. The summed E-state index contributed by atoms with van der Waals surface area (Å²) in [7, 11) is 1.58. The first-order chi connectivity index (χ1) is 18.9. The lowest BCUT2D eigenvalue weighted by Crippen LogP contribution is -2.46. The number of benzene rings is 1. The number of rotatable bonds is 17. The van der Waals surface area contributed by atoms with Crippen LogP contribution >= 0.6 is 0 Å². The molecule has 8 heteroatoms. The summed E-state index contributed by atoms with van der Waals surface area (Å²) in [5, 5.41) is 13.1. The van der Waals surface area contributed by atoms with Crippen molar-refractivity contribution in [2.75, 3.05) is 13.7 Å². The molecule has 40 heavy (non-hydrogen) atoms. The van der Waals surface area contributed by atoms with E-state index in [0.29, 0.717) is 31.1 Å². The highest BCUT2D eigenvalue weighted by Crippen LogP contribution is 2.37. The van der Waals surface area contributed by atoms with E-state index in [0.717, 1.165) is 31.2 Å². The van der Waals surface area contributed by atoms with Crippen LogP contribution in [0, 0.1) is 17.8 Å². The van der Waals surface area contributed by atoms with Crippen LogP contribution in [0.4, 0.5) is 0 Å². The summed E-state index contributed by atoms with van der Waals surface area (Å²) in [6, 6.07) is 6.47. The summed E-state index contributed by atoms with van der Waals surface area (Å²) in [6.45, 7) is 7.23. The second-order valence-electron chi connectivity index (χ2n) is 12.4. The third-order valence-corrected chi connectivity index (χ3v) is 8.63. The highest BCUT2D eigenvalue weighted by atomic mass is 16.6. The molecule has 1 aliphatic carbocycles. The van der Waals surface area contributed by atoms with E-state index in [4.69, 9.17) is 9.47 Å². The number of aliphatic hydroxyl groups is 1. The quantitative estimate of drug-likeness (QED) is 0.273. The number of carbonyl (C=O) groups excluding carboxylic acids is 4. The van der Waals surface area contributed by atoms with E-state index < -0.39 is 35.0 Å². The molecule has 0 radical (unpaired) electrons. The van der Waals surface area contributed by atoms with Gasteiger partial charge >= 0.3 is 0 Å². The number of ether oxygens (including phenoxy) is 2. The first-order valence-corrected chi connectivity index (χ1v) is 14.7. The van der Waals surface area contributed by atoms with Gasteiger partial charge in [0.05, 0.1) is 25.4 Å². The third kappa shape index (κ3) is 9.23. The number of methoxy groups -OCH3 is 1. The fourth-order valence-corrected chi connectivity index (χ4v) is 5.61. The molecule has 1 heterocycles. The molecule has 222 valence electrons. The van der Waals surface area contributed by atoms with Crippen molar-refractivity contribution in [2.24, 2.45) is 17.8 Å². The van der Waals surface area contributed by atoms with Crippen LogP contribution in [0.2, 0.25) is 0 Å². The summed E-state index contributed by atoms with van der Waals surface area (Å²) in [5.41, 5.74) is -1.08. The number of amides is 1. The average molecular weight is 558 g/mol. The Bertz CT molecular complexity index is 1040. The van der Waals surface area contributed by atoms with E-state index >= 15 is 0 Å². The van der Waals surface area contributed by atoms with Gasteiger partial charge in [-0.1, -0.05) is 51.7 Å². The Morgan fingerprint density at radius 2 is 1.77 bits per heavy atom. The van der Waals surface area contributed by atoms with E-state index in [-0.39, 0.29) is 43.0 Å². The summed E-state index contributed by atoms with van der Waals surface area (Å²) in [4.78, 5) is 52.9. The third-order valence-electron chi connectivity index (χ3n) is 8.63. The molecule has 1 amide bonds. The fourth-order valence-electron chi connectivity index (χ4n) is 5.61. The molecule has 5 unspecified atom stereocenters. The molecule has 2 aliphatic rings. The minimum atomic E-state index is -1.11. The van der Waals surface area contributed by atoms with E-state index in [1.54, 1.807) is 46.9 Å². The second kappa shape index (κ2) is 13.9. The van der Waals surface area contributed by atoms with Crippen molar-refractivity contribution in [3.05, 3.63) is 29.8 Å². The molecule has 1 saturated carbocycles. The fraction of sp³-hybridized carbons (Fsp3) is 0.688. The topological polar surface area (TPSA) is 122 Å². The Hall–Kier alpha value is -2.58. The van der Waals surface area contributed by atoms with Gasteiger partial charge in [-0.2, -0.15) is 0 Å². The van der Waals surface area contributed by atoms with Gasteiger partial charge in [-0.25, -0.2) is 0 Å². The first kappa shape index (κ1) is 31.9. The van der Waals surface area contributed by atoms with Gasteiger partial charge in [0.1, 0.15) is 17.1 Å². The Kier molecular flexibility index (Phi) is 11.1. The van der Waals surface area contributed by atoms with E-state index in [9.17, 15) is 24.3 Å². The Labute approximate surface area is 238 Å². The zero-order valence-electron chi connectivity index (χ0n) is 24.8. The van der Waals surface area contributed by atoms with E-state index in [1.807, 2.05) is 12.1 Å². The van der Waals surface area contributed by atoms with Gasteiger partial charge in [0.15, 0.2) is 11.6 Å². The number of nitrogens with one attached hydrogen (secondary N) is 1. The molecular formula is C32H47NO7. The van der Waals surface area contributed by atoms with Crippen molar-refractivity contribution in [1.82, 2.24) is 5.32 Å². The molecule has 0 bridgehead atoms. The molecular weight excluding hydrogens is 510 g/mol. The van der Waals surface area contributed by atoms with Gasteiger partial charge in [-0.05, 0) is 56.7 Å². The highest BCUT2D eigenvalue weighted by molar-refractivity contribution is 5.97. The van der Waals surface area contributed by atoms with E-state index in [2.05, 4.69) is 5.32 Å². The van der Waals surface area contributed by atoms with Crippen molar-refractivity contribution >= 4 is 23.3 Å². The van der Waals surface area contributed by atoms with Crippen LogP contribution in [0.25, 0.3) is 0 Å². The van der Waals surface area contributed by atoms with Gasteiger partial charge in [0, 0.05) is 31.1 Å². The van der Waals surface area contributed by atoms with Crippen LogP contribution in [-0.2, 0) is 30.3 Å². The monoisotopic (exact) mass is 557 g/mol. The van der Waals surface area contributed by atoms with Crippen LogP contribution in [0.1, 0.15) is 91.0 Å². The zero-order valence-corrected chi connectivity index (χ0v) is 24.8. The molecule has 1 aromatic rings. The predicted octanol–water partition coefficient (Wildman–Crippen LogP) is 4.38. The lowest BCUT2D eigenvalue weighted by molar-refractivity contribution is -0.135.